The van der Waals surface area contributed by atoms with Gasteiger partial charge in [-0.3, -0.25) is 95.9 Å². The molecule has 2 saturated heterocycles. The van der Waals surface area contributed by atoms with E-state index in [2.05, 4.69) is 63.1 Å². The normalized spacial score (nSPS) is 27.2. The number of aromatic nitrogens is 2. The van der Waals surface area contributed by atoms with Gasteiger partial charge in [-0.05, 0) is 140 Å². The third-order valence-corrected chi connectivity index (χ3v) is 31.7. The number of hydrogen-bond acceptors (Lipinski definition) is 32. The second-order valence-electron chi connectivity index (χ2n) is 39.1. The van der Waals surface area contributed by atoms with Crippen LogP contribution in [-0.2, 0) is 122 Å². The molecule has 20 atom stereocenters. The minimum absolute atomic E-state index is 0.0517. The third-order valence-electron chi connectivity index (χ3n) is 27.0. The number of aliphatic hydroxyl groups is 8. The number of H-pyrrole nitrogens is 2. The third kappa shape index (κ3) is 30.3. The first-order chi connectivity index (χ1) is 67.6. The summed E-state index contributed by atoms with van der Waals surface area (Å²) in [4.78, 5) is 292. The van der Waals surface area contributed by atoms with Gasteiger partial charge in [0.05, 0.1) is 105 Å². The molecular formula is C97H130N14O28S4. The standard InChI is InChI=1S/C97H130N14O28S4/c1-46-76(122)31-54-29-66-64-27-52(17-19-68(64)108-92(66)140-41-72(94(136)110-39-60(120)33-74(110)88(132)102-46)106-84(128)62(50(5)114)35-78(124)48(3)100-86(130)70(104-82(54)126)37-96(7,138)43-112)25-58(118)15-11-9-13-56(116)21-23-98-90(134)80-81(143-45-142-80)91(135)99-24-22-57(117)14-10-12-16-59(119)26-53-18-20-69-65(28-53)67-30-55-32-77(123)47(2)103-89(133)75-34-61(121)40-111(75)95(137)73(42-141-93(67)109-69)107-85(129)63(51(6)115)36-79(125)49(4)101-87(131)71(105-83(55)127)38-97(8,139)44-113/h17-20,27-28,46-51,54-55,60-63,70-75,108-109,112-115,120-121,138-139H,9-16,21-26,29-45H2,1-8H3,(H,98,134)(H,99,135)(H,100,130)(H,101,131)(H,102,132)(H,103,133)(H,104,126)(H,105,127)(H,106,128)(H,107,129)/t46-,47-,48-,49-,50?,51?,54+,55+,60+,61+,62+,63+,70-,71-,72+,73+,74-,75-,96+,97+/m0/s1. The number of rotatable bonds is 30. The molecule has 46 heteroatoms. The van der Waals surface area contributed by atoms with Gasteiger partial charge in [-0.15, -0.1) is 47.0 Å². The Kier molecular flexibility index (Phi) is 39.7. The first-order valence-corrected chi connectivity index (χ1v) is 52.2. The summed E-state index contributed by atoms with van der Waals surface area (Å²) >= 11 is 4.28. The van der Waals surface area contributed by atoms with Crippen LogP contribution in [0.5, 0.6) is 0 Å². The molecule has 4 bridgehead atoms. The summed E-state index contributed by atoms with van der Waals surface area (Å²) in [7, 11) is 0. The van der Waals surface area contributed by atoms with Gasteiger partial charge in [-0.25, -0.2) is 0 Å². The Bertz CT molecular complexity index is 5250. The first-order valence-electron chi connectivity index (χ1n) is 48.3. The lowest BCUT2D eigenvalue weighted by atomic mass is 9.89. The molecule has 7 aliphatic rings. The highest BCUT2D eigenvalue weighted by Crippen LogP contribution is 2.41. The van der Waals surface area contributed by atoms with E-state index in [9.17, 15) is 137 Å². The summed E-state index contributed by atoms with van der Waals surface area (Å²) in [6.07, 6.45) is -9.03. The highest BCUT2D eigenvalue weighted by atomic mass is 32.2. The summed E-state index contributed by atoms with van der Waals surface area (Å²) in [6.45, 7) is 7.67. The van der Waals surface area contributed by atoms with E-state index in [0.29, 0.717) is 84.9 Å². The van der Waals surface area contributed by atoms with E-state index in [0.717, 1.165) is 56.8 Å². The van der Waals surface area contributed by atoms with Crippen LogP contribution in [0.4, 0.5) is 0 Å². The van der Waals surface area contributed by atoms with Crippen LogP contribution in [-0.4, -0.2) is 330 Å². The zero-order valence-corrected chi connectivity index (χ0v) is 84.3. The lowest BCUT2D eigenvalue weighted by Gasteiger charge is -2.30. The minimum Gasteiger partial charge on any atom is -0.393 e. The van der Waals surface area contributed by atoms with E-state index in [4.69, 9.17) is 0 Å². The number of amides is 12. The van der Waals surface area contributed by atoms with Crippen LogP contribution in [0, 0.1) is 23.7 Å². The topological polar surface area (TPSA) is 662 Å². The second-order valence-corrected chi connectivity index (χ2v) is 43.5. The van der Waals surface area contributed by atoms with Crippen LogP contribution < -0.4 is 53.2 Å². The molecule has 780 valence electrons. The molecule has 42 nitrogen and oxygen atoms in total. The molecule has 0 spiro atoms. The molecule has 0 saturated carbocycles. The zero-order valence-electron chi connectivity index (χ0n) is 81.0. The molecular weight excluding hydrogens is 1940 g/mol. The highest BCUT2D eigenvalue weighted by molar-refractivity contribution is 8.23. The fourth-order valence-corrected chi connectivity index (χ4v) is 23.0. The van der Waals surface area contributed by atoms with Crippen molar-refractivity contribution < 1.29 is 137 Å². The van der Waals surface area contributed by atoms with Gasteiger partial charge in [0.2, 0.25) is 59.1 Å². The predicted molar refractivity (Wildman–Crippen MR) is 523 cm³/mol. The number of carbonyl (C=O) groups is 20. The minimum atomic E-state index is -2.00. The number of nitrogens with zero attached hydrogens (tertiary/aromatic N) is 2. The van der Waals surface area contributed by atoms with E-state index < -0.39 is 265 Å². The first kappa shape index (κ1) is 113. The molecule has 2 aromatic heterocycles. The summed E-state index contributed by atoms with van der Waals surface area (Å²) in [5.74, 6) is -20.1. The number of thioether (sulfide) groups is 4. The molecule has 7 aliphatic heterocycles. The maximum Gasteiger partial charge on any atom is 0.259 e. The molecule has 2 unspecified atom stereocenters. The average Bonchev–Trinajstić information content (AvgIpc) is 1.63. The quantitative estimate of drug-likeness (QED) is 0.0279. The monoisotopic (exact) mass is 2070 g/mol. The van der Waals surface area contributed by atoms with Crippen molar-refractivity contribution >= 4 is 186 Å². The number of fused-ring (bicyclic) bond motifs is 10. The number of nitrogens with one attached hydrogen (secondary N) is 12. The maximum absolute atomic E-state index is 15.0. The molecule has 2 fully saturated rings. The van der Waals surface area contributed by atoms with Crippen molar-refractivity contribution in [2.24, 2.45) is 23.7 Å². The highest BCUT2D eigenvalue weighted by Gasteiger charge is 2.48. The van der Waals surface area contributed by atoms with Crippen molar-refractivity contribution in [3.63, 3.8) is 0 Å². The van der Waals surface area contributed by atoms with Gasteiger partial charge >= 0.3 is 0 Å². The molecule has 2 aromatic carbocycles. The van der Waals surface area contributed by atoms with E-state index in [1.807, 2.05) is 0 Å². The van der Waals surface area contributed by atoms with Crippen LogP contribution >= 0.6 is 47.0 Å². The SMILES string of the molecule is CC(O)[C@H]1CC(=O)[C@H](C)NC(=O)[C@H](C[C@@](C)(O)CO)NC(=O)[C@H]2CC(=O)[C@H](C)NC(=O)[C@@H]3C[C@@H](O)CN3C(=O)[C@@H](CSc3[nH]c4ccc(CC(=O)CCCCC(=O)CCNC(=O)C5=C(C(=O)NCCC(=O)CCCCC(=O)Cc6ccc7[nH]c8c(c7c6)C[C@@H]6CC(=O)[C@H](C)NC(=O)[C@@H]7C[C@@H](O)CN7C(=O)[C@@H](CS8)NC(=O)[C@@H](C(C)O)CC(=O)[C@H](C)NC(=O)[C@H](C[C@@](C)(O)CO)NC6=O)SCS5)cc4c3C2)NC1=O. The fourth-order valence-electron chi connectivity index (χ4n) is 18.4. The van der Waals surface area contributed by atoms with E-state index in [1.54, 1.807) is 36.4 Å². The van der Waals surface area contributed by atoms with Crippen LogP contribution in [0.3, 0.4) is 0 Å². The summed E-state index contributed by atoms with van der Waals surface area (Å²) in [5.41, 5.74) is -1.23. The van der Waals surface area contributed by atoms with Gasteiger partial charge < -0.3 is 114 Å². The smallest absolute Gasteiger partial charge is 0.259 e. The van der Waals surface area contributed by atoms with Crippen LogP contribution in [0.1, 0.15) is 193 Å². The number of carbonyl (C=O) groups excluding carboxylic acids is 20. The Morgan fingerprint density at radius 2 is 0.776 bits per heavy atom. The van der Waals surface area contributed by atoms with Gasteiger partial charge in [-0.2, -0.15) is 0 Å². The number of ketones is 8. The second kappa shape index (κ2) is 50.4. The Labute approximate surface area is 841 Å². The van der Waals surface area contributed by atoms with Crippen molar-refractivity contribution in [3.05, 3.63) is 68.5 Å². The molecule has 12 amide bonds. The maximum atomic E-state index is 15.0. The number of unbranched alkanes of at least 4 members (excludes halogenated alkanes) is 2. The largest absolute Gasteiger partial charge is 0.393 e. The molecule has 0 aliphatic carbocycles. The summed E-state index contributed by atoms with van der Waals surface area (Å²) in [6, 6.07) is -4.19. The van der Waals surface area contributed by atoms with Crippen molar-refractivity contribution in [1.82, 2.24) is 72.9 Å². The molecule has 4 aromatic rings. The number of hydrogen-bond donors (Lipinski definition) is 20. The van der Waals surface area contributed by atoms with Crippen molar-refractivity contribution in [2.45, 2.75) is 303 Å². The molecule has 0 radical (unpaired) electrons. The van der Waals surface area contributed by atoms with Crippen LogP contribution in [0.2, 0.25) is 0 Å². The van der Waals surface area contributed by atoms with E-state index >= 15 is 0 Å². The van der Waals surface area contributed by atoms with Gasteiger partial charge in [0.1, 0.15) is 59.4 Å². The summed E-state index contributed by atoms with van der Waals surface area (Å²) in [5, 5.41) is 115. The average molecular weight is 2070 g/mol. The van der Waals surface area contributed by atoms with Crippen molar-refractivity contribution in [1.29, 1.82) is 0 Å². The van der Waals surface area contributed by atoms with Gasteiger partial charge in [0.15, 0.2) is 23.1 Å². The molecule has 11 rings (SSSR count). The number of aromatic amines is 2. The van der Waals surface area contributed by atoms with Crippen molar-refractivity contribution in [3.8, 4) is 0 Å². The lowest BCUT2D eigenvalue weighted by Crippen LogP contribution is -2.57. The van der Waals surface area contributed by atoms with E-state index in [1.165, 1.54) is 55.4 Å². The molecule has 9 heterocycles. The van der Waals surface area contributed by atoms with Crippen LogP contribution in [0.25, 0.3) is 21.8 Å². The number of Topliss-reactive ketones (excluding diaryl/α,β-unsaturated/α-hetero) is 8. The Morgan fingerprint density at radius 3 is 1.13 bits per heavy atom. The fraction of sp³-hybridized carbons (Fsp3) is 0.608. The van der Waals surface area contributed by atoms with Crippen LogP contribution in [0.15, 0.2) is 56.3 Å². The van der Waals surface area contributed by atoms with Gasteiger partial charge in [-0.1, -0.05) is 12.1 Å². The Balaban J connectivity index is 0.681. The Morgan fingerprint density at radius 1 is 0.434 bits per heavy atom. The number of benzene rings is 2. The predicted octanol–water partition coefficient (Wildman–Crippen LogP) is -0.972. The summed E-state index contributed by atoms with van der Waals surface area (Å²) < 4.78 is 0. The Hall–Kier alpha value is -10.7. The lowest BCUT2D eigenvalue weighted by molar-refractivity contribution is -0.143. The molecule has 143 heavy (non-hydrogen) atoms. The van der Waals surface area contributed by atoms with Gasteiger partial charge in [0, 0.05) is 179 Å². The van der Waals surface area contributed by atoms with E-state index in [-0.39, 0.29) is 148 Å². The molecule has 20 N–H and O–H groups in total. The number of aliphatic hydroxyl groups excluding tert-OH is 6. The zero-order chi connectivity index (χ0) is 104. The van der Waals surface area contributed by atoms with Crippen molar-refractivity contribution in [2.75, 3.05) is 56.0 Å². The van der Waals surface area contributed by atoms with Gasteiger partial charge in [0.25, 0.3) is 11.8 Å².